The van der Waals surface area contributed by atoms with Crippen LogP contribution in [0.4, 0.5) is 0 Å². The topological polar surface area (TPSA) is 78.9 Å². The molecule has 0 N–H and O–H groups in total. The van der Waals surface area contributed by atoms with Crippen molar-refractivity contribution >= 4 is 17.9 Å². The van der Waals surface area contributed by atoms with Crippen LogP contribution in [-0.2, 0) is 28.6 Å². The molecule has 68 heavy (non-hydrogen) atoms. The van der Waals surface area contributed by atoms with Crippen molar-refractivity contribution < 1.29 is 28.6 Å². The van der Waals surface area contributed by atoms with Gasteiger partial charge in [0.05, 0.1) is 0 Å². The van der Waals surface area contributed by atoms with Crippen LogP contribution < -0.4 is 0 Å². The molecule has 6 nitrogen and oxygen atoms in total. The molecule has 0 radical (unpaired) electrons. The lowest BCUT2D eigenvalue weighted by molar-refractivity contribution is -0.167. The maximum absolute atomic E-state index is 12.9. The van der Waals surface area contributed by atoms with E-state index in [1.54, 1.807) is 0 Å². The summed E-state index contributed by atoms with van der Waals surface area (Å²) >= 11 is 0. The molecule has 0 aliphatic rings. The molecule has 0 bridgehead atoms. The number of rotatable bonds is 56. The molecule has 0 saturated carbocycles. The Labute approximate surface area is 425 Å². The summed E-state index contributed by atoms with van der Waals surface area (Å²) in [5.41, 5.74) is 0. The second-order valence-electron chi connectivity index (χ2n) is 22.3. The lowest BCUT2D eigenvalue weighted by atomic mass is 10.0. The highest BCUT2D eigenvalue weighted by atomic mass is 16.6. The van der Waals surface area contributed by atoms with Gasteiger partial charge in [0, 0.05) is 19.3 Å². The molecule has 0 aliphatic carbocycles. The summed E-state index contributed by atoms with van der Waals surface area (Å²) in [6.07, 6.45) is 59.6. The third-order valence-corrected chi connectivity index (χ3v) is 14.2. The average molecular weight is 962 g/mol. The van der Waals surface area contributed by atoms with Crippen molar-refractivity contribution in [1.82, 2.24) is 0 Å². The van der Waals surface area contributed by atoms with Gasteiger partial charge in [-0.2, -0.15) is 0 Å². The van der Waals surface area contributed by atoms with Crippen LogP contribution in [0.15, 0.2) is 0 Å². The number of ether oxygens (including phenoxy) is 3. The van der Waals surface area contributed by atoms with Crippen LogP contribution in [0.2, 0.25) is 0 Å². The second kappa shape index (κ2) is 54.7. The first-order chi connectivity index (χ1) is 33.2. The molecule has 0 unspecified atom stereocenters. The Morgan fingerprint density at radius 1 is 0.279 bits per heavy atom. The van der Waals surface area contributed by atoms with Gasteiger partial charge in [0.2, 0.25) is 0 Å². The van der Waals surface area contributed by atoms with E-state index in [4.69, 9.17) is 14.2 Å². The van der Waals surface area contributed by atoms with Gasteiger partial charge in [-0.15, -0.1) is 0 Å². The van der Waals surface area contributed by atoms with Crippen LogP contribution in [0.3, 0.4) is 0 Å². The largest absolute Gasteiger partial charge is 0.462 e. The fraction of sp³-hybridized carbons (Fsp3) is 0.952. The van der Waals surface area contributed by atoms with Crippen molar-refractivity contribution in [2.75, 3.05) is 13.2 Å². The zero-order chi connectivity index (χ0) is 49.6. The van der Waals surface area contributed by atoms with Crippen LogP contribution in [0.25, 0.3) is 0 Å². The third kappa shape index (κ3) is 55.3. The predicted molar refractivity (Wildman–Crippen MR) is 293 cm³/mol. The van der Waals surface area contributed by atoms with E-state index in [-0.39, 0.29) is 31.1 Å². The molecular weight excluding hydrogens is 841 g/mol. The van der Waals surface area contributed by atoms with Crippen molar-refractivity contribution in [2.24, 2.45) is 11.8 Å². The van der Waals surface area contributed by atoms with Crippen LogP contribution >= 0.6 is 0 Å². The van der Waals surface area contributed by atoms with Crippen LogP contribution in [-0.4, -0.2) is 37.2 Å². The molecule has 404 valence electrons. The summed E-state index contributed by atoms with van der Waals surface area (Å²) in [6, 6.07) is 0. The van der Waals surface area contributed by atoms with Crippen molar-refractivity contribution in [3.05, 3.63) is 0 Å². The van der Waals surface area contributed by atoms with Crippen molar-refractivity contribution in [3.8, 4) is 0 Å². The lowest BCUT2D eigenvalue weighted by Crippen LogP contribution is -2.30. The van der Waals surface area contributed by atoms with Gasteiger partial charge in [-0.05, 0) is 31.1 Å². The summed E-state index contributed by atoms with van der Waals surface area (Å²) in [6.45, 7) is 11.4. The van der Waals surface area contributed by atoms with Gasteiger partial charge in [0.15, 0.2) is 6.10 Å². The number of hydrogen-bond acceptors (Lipinski definition) is 6. The molecule has 0 fully saturated rings. The maximum atomic E-state index is 12.9. The number of carbonyl (C=O) groups excluding carboxylic acids is 3. The molecule has 0 aromatic rings. The zero-order valence-electron chi connectivity index (χ0n) is 46.7. The summed E-state index contributed by atoms with van der Waals surface area (Å²) < 4.78 is 16.9. The molecule has 0 aromatic heterocycles. The Morgan fingerprint density at radius 2 is 0.485 bits per heavy atom. The molecular formula is C62H120O6. The Balaban J connectivity index is 4.24. The van der Waals surface area contributed by atoms with Gasteiger partial charge in [-0.25, -0.2) is 0 Å². The molecule has 0 rings (SSSR count). The van der Waals surface area contributed by atoms with Gasteiger partial charge in [-0.3, -0.25) is 14.4 Å². The molecule has 1 atom stereocenters. The van der Waals surface area contributed by atoms with E-state index in [1.165, 1.54) is 238 Å². The van der Waals surface area contributed by atoms with Crippen molar-refractivity contribution in [2.45, 2.75) is 355 Å². The van der Waals surface area contributed by atoms with Crippen molar-refractivity contribution in [1.29, 1.82) is 0 Å². The molecule has 0 aliphatic heterocycles. The number of carbonyl (C=O) groups is 3. The maximum Gasteiger partial charge on any atom is 0.306 e. The summed E-state index contributed by atoms with van der Waals surface area (Å²) in [7, 11) is 0. The first-order valence-electron chi connectivity index (χ1n) is 30.7. The van der Waals surface area contributed by atoms with Crippen LogP contribution in [0, 0.1) is 11.8 Å². The fourth-order valence-electron chi connectivity index (χ4n) is 9.58. The Morgan fingerprint density at radius 3 is 0.721 bits per heavy atom. The number of esters is 3. The Bertz CT molecular complexity index is 1040. The summed E-state index contributed by atoms with van der Waals surface area (Å²) in [5, 5.41) is 0. The monoisotopic (exact) mass is 961 g/mol. The second-order valence-corrected chi connectivity index (χ2v) is 22.3. The van der Waals surface area contributed by atoms with Gasteiger partial charge < -0.3 is 14.2 Å². The van der Waals surface area contributed by atoms with Crippen LogP contribution in [0.1, 0.15) is 349 Å². The lowest BCUT2D eigenvalue weighted by Gasteiger charge is -2.18. The van der Waals surface area contributed by atoms with E-state index in [0.29, 0.717) is 19.3 Å². The van der Waals surface area contributed by atoms with E-state index in [2.05, 4.69) is 34.6 Å². The minimum atomic E-state index is -0.763. The van der Waals surface area contributed by atoms with Gasteiger partial charge in [0.25, 0.3) is 0 Å². The molecule has 0 amide bonds. The molecule has 0 spiro atoms. The quantitative estimate of drug-likeness (QED) is 0.0343. The normalized spacial score (nSPS) is 12.0. The van der Waals surface area contributed by atoms with E-state index < -0.39 is 6.10 Å². The molecule has 6 heteroatoms. The first kappa shape index (κ1) is 66.4. The van der Waals surface area contributed by atoms with E-state index in [1.807, 2.05) is 0 Å². The number of hydrogen-bond donors (Lipinski definition) is 0. The highest BCUT2D eigenvalue weighted by Gasteiger charge is 2.19. The van der Waals surface area contributed by atoms with Gasteiger partial charge in [0.1, 0.15) is 13.2 Å². The highest BCUT2D eigenvalue weighted by molar-refractivity contribution is 5.71. The smallest absolute Gasteiger partial charge is 0.306 e. The van der Waals surface area contributed by atoms with E-state index in [0.717, 1.165) is 69.6 Å². The Kier molecular flexibility index (Phi) is 53.5. The minimum absolute atomic E-state index is 0.0625. The third-order valence-electron chi connectivity index (χ3n) is 14.2. The average Bonchev–Trinajstić information content (AvgIpc) is 3.31. The SMILES string of the molecule is CCCCCCCCCCCCCCCCCCCC(=O)O[C@@H](COC(=O)CCCCCCCCCCCCCCCCCCCCC(C)C)COC(=O)CCCCCCCCCCCC(C)C. The first-order valence-corrected chi connectivity index (χ1v) is 30.7. The Hall–Kier alpha value is -1.59. The molecule has 0 aromatic carbocycles. The van der Waals surface area contributed by atoms with Gasteiger partial charge >= 0.3 is 17.9 Å². The van der Waals surface area contributed by atoms with E-state index in [9.17, 15) is 14.4 Å². The summed E-state index contributed by atoms with van der Waals surface area (Å²) in [5.74, 6) is 0.831. The van der Waals surface area contributed by atoms with E-state index >= 15 is 0 Å². The predicted octanol–water partition coefficient (Wildman–Crippen LogP) is 20.4. The van der Waals surface area contributed by atoms with Crippen molar-refractivity contribution in [3.63, 3.8) is 0 Å². The molecule has 0 saturated heterocycles. The highest BCUT2D eigenvalue weighted by Crippen LogP contribution is 2.19. The molecule has 0 heterocycles. The van der Waals surface area contributed by atoms with Crippen LogP contribution in [0.5, 0.6) is 0 Å². The number of unbranched alkanes of at least 4 members (excludes halogenated alkanes) is 41. The fourth-order valence-corrected chi connectivity index (χ4v) is 9.58. The minimum Gasteiger partial charge on any atom is -0.462 e. The standard InChI is InChI=1S/C62H120O6/c1-6-7-8-9-10-11-12-13-14-17-22-25-28-33-39-44-49-54-62(65)68-59(56-67-61(64)53-48-43-38-34-29-31-36-41-46-51-58(4)5)55-66-60(63)52-47-42-37-32-27-24-21-19-16-15-18-20-23-26-30-35-40-45-50-57(2)3/h57-59H,6-56H2,1-5H3/t59-/m0/s1. The zero-order valence-corrected chi connectivity index (χ0v) is 46.7. The van der Waals surface area contributed by atoms with Gasteiger partial charge in [-0.1, -0.05) is 311 Å². The summed E-state index contributed by atoms with van der Waals surface area (Å²) in [4.78, 5) is 38.2.